The second kappa shape index (κ2) is 6.34. The van der Waals surface area contributed by atoms with E-state index in [0.717, 1.165) is 17.5 Å². The summed E-state index contributed by atoms with van der Waals surface area (Å²) in [4.78, 5) is 14.6. The largest absolute Gasteiger partial charge is 0.465 e. The average Bonchev–Trinajstić information content (AvgIpc) is 2.82. The molecule has 122 valence electrons. The Balaban J connectivity index is 2.26. The summed E-state index contributed by atoms with van der Waals surface area (Å²) < 4.78 is 38.6. The maximum Gasteiger partial charge on any atom is 0.417 e. The van der Waals surface area contributed by atoms with Crippen molar-refractivity contribution in [3.05, 3.63) is 34.3 Å². The van der Waals surface area contributed by atoms with Gasteiger partial charge >= 0.3 is 12.3 Å². The summed E-state index contributed by atoms with van der Waals surface area (Å²) in [5, 5.41) is 8.91. The molecular formula is C14H16ClF3N2O2. The number of carboxylic acid groups (broad SMARTS) is 1. The van der Waals surface area contributed by atoms with Crippen LogP contribution in [0, 0.1) is 0 Å². The number of nitrogens with zero attached hydrogens (tertiary/aromatic N) is 2. The average molecular weight is 337 g/mol. The van der Waals surface area contributed by atoms with Crippen LogP contribution in [0.15, 0.2) is 18.2 Å². The molecule has 1 fully saturated rings. The maximum absolute atomic E-state index is 12.9. The number of carbonyl (C=O) groups is 1. The lowest BCUT2D eigenvalue weighted by molar-refractivity contribution is -0.137. The Labute approximate surface area is 131 Å². The van der Waals surface area contributed by atoms with Crippen LogP contribution in [-0.2, 0) is 12.7 Å². The van der Waals surface area contributed by atoms with Crippen LogP contribution in [-0.4, -0.2) is 47.2 Å². The first-order valence-electron chi connectivity index (χ1n) is 6.73. The van der Waals surface area contributed by atoms with Crippen molar-refractivity contribution in [3.63, 3.8) is 0 Å². The molecule has 1 aliphatic heterocycles. The first-order chi connectivity index (χ1) is 10.2. The zero-order chi connectivity index (χ0) is 16.5. The first-order valence-corrected chi connectivity index (χ1v) is 7.10. The molecule has 1 aromatic carbocycles. The molecule has 0 radical (unpaired) electrons. The smallest absolute Gasteiger partial charge is 0.417 e. The number of hydrogen-bond donors (Lipinski definition) is 1. The monoisotopic (exact) mass is 336 g/mol. The highest BCUT2D eigenvalue weighted by Crippen LogP contribution is 2.36. The van der Waals surface area contributed by atoms with E-state index in [1.807, 2.05) is 11.9 Å². The second-order valence-corrected chi connectivity index (χ2v) is 5.77. The molecule has 22 heavy (non-hydrogen) atoms. The van der Waals surface area contributed by atoms with E-state index in [-0.39, 0.29) is 18.2 Å². The number of likely N-dealkylation sites (tertiary alicyclic amines) is 1. The molecule has 1 N–H and O–H groups in total. The van der Waals surface area contributed by atoms with Gasteiger partial charge in [-0.1, -0.05) is 23.7 Å². The number of amides is 1. The number of likely N-dealkylation sites (N-methyl/N-ethyl adjacent to an activating group) is 1. The molecule has 1 amide bonds. The molecule has 4 nitrogen and oxygen atoms in total. The second-order valence-electron chi connectivity index (χ2n) is 5.39. The van der Waals surface area contributed by atoms with E-state index < -0.39 is 22.9 Å². The van der Waals surface area contributed by atoms with Crippen molar-refractivity contribution in [3.8, 4) is 0 Å². The minimum Gasteiger partial charge on any atom is -0.465 e. The van der Waals surface area contributed by atoms with Crippen molar-refractivity contribution in [1.29, 1.82) is 0 Å². The number of halogens is 4. The molecule has 0 aromatic heterocycles. The molecular weight excluding hydrogens is 321 g/mol. The summed E-state index contributed by atoms with van der Waals surface area (Å²) >= 11 is 5.83. The highest BCUT2D eigenvalue weighted by molar-refractivity contribution is 6.32. The standard InChI is InChI=1S/C14H16ClF3N2O2/c1-19-6-5-10(8-19)20(13(21)22)7-9-3-2-4-11(12(9)15)14(16,17)18/h2-4,10H,5-8H2,1H3,(H,21,22)/t10-/m0/s1. The predicted molar refractivity (Wildman–Crippen MR) is 75.9 cm³/mol. The van der Waals surface area contributed by atoms with Gasteiger partial charge in [0.25, 0.3) is 0 Å². The molecule has 0 spiro atoms. The SMILES string of the molecule is CN1CC[C@H](N(Cc2cccc(C(F)(F)F)c2Cl)C(=O)O)C1. The van der Waals surface area contributed by atoms with Crippen LogP contribution >= 0.6 is 11.6 Å². The summed E-state index contributed by atoms with van der Waals surface area (Å²) in [6.07, 6.45) is -5.07. The van der Waals surface area contributed by atoms with Gasteiger partial charge in [0.2, 0.25) is 0 Å². The van der Waals surface area contributed by atoms with Gasteiger partial charge in [-0.05, 0) is 31.6 Å². The summed E-state index contributed by atoms with van der Waals surface area (Å²) in [5.74, 6) is 0. The molecule has 8 heteroatoms. The predicted octanol–water partition coefficient (Wildman–Crippen LogP) is 3.54. The van der Waals surface area contributed by atoms with Crippen LogP contribution in [0.1, 0.15) is 17.5 Å². The van der Waals surface area contributed by atoms with Gasteiger partial charge in [-0.15, -0.1) is 0 Å². The molecule has 1 aliphatic rings. The third-order valence-electron chi connectivity index (χ3n) is 3.78. The van der Waals surface area contributed by atoms with Gasteiger partial charge in [0.05, 0.1) is 17.1 Å². The Bertz CT molecular complexity index is 566. The molecule has 1 atom stereocenters. The van der Waals surface area contributed by atoms with Crippen molar-refractivity contribution in [1.82, 2.24) is 9.80 Å². The van der Waals surface area contributed by atoms with Gasteiger partial charge in [-0.3, -0.25) is 4.90 Å². The normalized spacial score (nSPS) is 19.4. The van der Waals surface area contributed by atoms with Crippen molar-refractivity contribution >= 4 is 17.7 Å². The fourth-order valence-electron chi connectivity index (χ4n) is 2.62. The number of benzene rings is 1. The highest BCUT2D eigenvalue weighted by atomic mass is 35.5. The first kappa shape index (κ1) is 16.9. The lowest BCUT2D eigenvalue weighted by atomic mass is 10.1. The summed E-state index contributed by atoms with van der Waals surface area (Å²) in [6, 6.07) is 3.31. The van der Waals surface area contributed by atoms with Crippen LogP contribution in [0.5, 0.6) is 0 Å². The maximum atomic E-state index is 12.9. The Morgan fingerprint density at radius 2 is 2.18 bits per heavy atom. The van der Waals surface area contributed by atoms with E-state index in [1.165, 1.54) is 12.1 Å². The molecule has 0 bridgehead atoms. The Morgan fingerprint density at radius 3 is 2.68 bits per heavy atom. The molecule has 1 saturated heterocycles. The topological polar surface area (TPSA) is 43.8 Å². The van der Waals surface area contributed by atoms with Gasteiger partial charge < -0.3 is 10.0 Å². The number of rotatable bonds is 3. The van der Waals surface area contributed by atoms with Crippen molar-refractivity contribution in [2.45, 2.75) is 25.2 Å². The molecule has 0 unspecified atom stereocenters. The van der Waals surface area contributed by atoms with E-state index in [1.54, 1.807) is 0 Å². The third kappa shape index (κ3) is 3.64. The van der Waals surface area contributed by atoms with Gasteiger partial charge in [-0.25, -0.2) is 4.79 Å². The number of hydrogen-bond acceptors (Lipinski definition) is 2. The zero-order valence-corrected chi connectivity index (χ0v) is 12.7. The molecule has 0 aliphatic carbocycles. The lowest BCUT2D eigenvalue weighted by Crippen LogP contribution is -2.40. The zero-order valence-electron chi connectivity index (χ0n) is 11.9. The van der Waals surface area contributed by atoms with Crippen LogP contribution < -0.4 is 0 Å². The van der Waals surface area contributed by atoms with Gasteiger partial charge in [0.15, 0.2) is 0 Å². The van der Waals surface area contributed by atoms with E-state index in [4.69, 9.17) is 11.6 Å². The molecule has 0 saturated carbocycles. The van der Waals surface area contributed by atoms with E-state index >= 15 is 0 Å². The number of alkyl halides is 3. The molecule has 1 aromatic rings. The minimum atomic E-state index is -4.56. The van der Waals surface area contributed by atoms with Crippen LogP contribution in [0.3, 0.4) is 0 Å². The Morgan fingerprint density at radius 1 is 1.50 bits per heavy atom. The van der Waals surface area contributed by atoms with Crippen molar-refractivity contribution in [2.24, 2.45) is 0 Å². The van der Waals surface area contributed by atoms with E-state index in [0.29, 0.717) is 13.0 Å². The van der Waals surface area contributed by atoms with Gasteiger partial charge in [0, 0.05) is 12.6 Å². The third-order valence-corrected chi connectivity index (χ3v) is 4.22. The summed E-state index contributed by atoms with van der Waals surface area (Å²) in [6.45, 7) is 1.16. The fraction of sp³-hybridized carbons (Fsp3) is 0.500. The Hall–Kier alpha value is -1.47. The minimum absolute atomic E-state index is 0.156. The quantitative estimate of drug-likeness (QED) is 0.918. The van der Waals surface area contributed by atoms with Crippen LogP contribution in [0.4, 0.5) is 18.0 Å². The van der Waals surface area contributed by atoms with Crippen molar-refractivity contribution in [2.75, 3.05) is 20.1 Å². The molecule has 2 rings (SSSR count). The van der Waals surface area contributed by atoms with E-state index in [2.05, 4.69) is 0 Å². The Kier molecular flexibility index (Phi) is 4.87. The van der Waals surface area contributed by atoms with Crippen LogP contribution in [0.25, 0.3) is 0 Å². The van der Waals surface area contributed by atoms with Gasteiger partial charge in [0.1, 0.15) is 0 Å². The summed E-state index contributed by atoms with van der Waals surface area (Å²) in [7, 11) is 1.87. The highest BCUT2D eigenvalue weighted by Gasteiger charge is 2.35. The van der Waals surface area contributed by atoms with E-state index in [9.17, 15) is 23.1 Å². The van der Waals surface area contributed by atoms with Crippen molar-refractivity contribution < 1.29 is 23.1 Å². The van der Waals surface area contributed by atoms with Gasteiger partial charge in [-0.2, -0.15) is 13.2 Å². The fourth-order valence-corrected chi connectivity index (χ4v) is 2.92. The molecule has 1 heterocycles. The summed E-state index contributed by atoms with van der Waals surface area (Å²) in [5.41, 5.74) is -0.783. The lowest BCUT2D eigenvalue weighted by Gasteiger charge is -2.27. The van der Waals surface area contributed by atoms with Crippen LogP contribution in [0.2, 0.25) is 5.02 Å².